The third kappa shape index (κ3) is 4.64. The molecule has 0 spiro atoms. The van der Waals surface area contributed by atoms with Crippen LogP contribution < -0.4 is 9.47 Å². The molecule has 22 heavy (non-hydrogen) atoms. The molecule has 0 aliphatic rings. The average molecular weight is 365 g/mol. The lowest BCUT2D eigenvalue weighted by molar-refractivity contribution is 0.307. The first-order valence-corrected chi connectivity index (χ1v) is 9.23. The molecule has 0 radical (unpaired) electrons. The van der Waals surface area contributed by atoms with Crippen LogP contribution in [0.25, 0.3) is 10.8 Å². The van der Waals surface area contributed by atoms with Crippen molar-refractivity contribution in [2.45, 2.75) is 39.5 Å². The highest BCUT2D eigenvalue weighted by molar-refractivity contribution is 9.09. The summed E-state index contributed by atoms with van der Waals surface area (Å²) in [6.07, 6.45) is 4.53. The van der Waals surface area contributed by atoms with E-state index in [1.165, 1.54) is 18.4 Å². The van der Waals surface area contributed by atoms with Crippen molar-refractivity contribution in [3.8, 4) is 11.5 Å². The van der Waals surface area contributed by atoms with Crippen LogP contribution in [0.4, 0.5) is 0 Å². The van der Waals surface area contributed by atoms with Crippen LogP contribution in [-0.2, 0) is 0 Å². The predicted molar refractivity (Wildman–Crippen MR) is 97.6 cm³/mol. The molecule has 0 N–H and O–H groups in total. The van der Waals surface area contributed by atoms with Gasteiger partial charge in [-0.15, -0.1) is 0 Å². The molecule has 0 aliphatic carbocycles. The van der Waals surface area contributed by atoms with Gasteiger partial charge in [-0.2, -0.15) is 0 Å². The van der Waals surface area contributed by atoms with Gasteiger partial charge < -0.3 is 9.47 Å². The van der Waals surface area contributed by atoms with Gasteiger partial charge in [0.2, 0.25) is 0 Å². The lowest BCUT2D eigenvalue weighted by Crippen LogP contribution is -2.01. The second-order valence-corrected chi connectivity index (χ2v) is 6.35. The first-order chi connectivity index (χ1) is 10.8. The Labute approximate surface area is 141 Å². The average Bonchev–Trinajstić information content (AvgIpc) is 2.53. The van der Waals surface area contributed by atoms with Crippen molar-refractivity contribution < 1.29 is 9.47 Å². The quantitative estimate of drug-likeness (QED) is 0.408. The Morgan fingerprint density at radius 2 is 1.55 bits per heavy atom. The topological polar surface area (TPSA) is 18.5 Å². The van der Waals surface area contributed by atoms with E-state index in [2.05, 4.69) is 48.0 Å². The van der Waals surface area contributed by atoms with Crippen LogP contribution in [0.3, 0.4) is 0 Å². The normalized spacial score (nSPS) is 10.9. The molecule has 0 heterocycles. The molecular weight excluding hydrogens is 340 g/mol. The highest BCUT2D eigenvalue weighted by Gasteiger charge is 2.08. The van der Waals surface area contributed by atoms with Gasteiger partial charge in [0, 0.05) is 16.1 Å². The number of unbranched alkanes of at least 4 members (excludes halogenated alkanes) is 2. The van der Waals surface area contributed by atoms with Crippen LogP contribution in [-0.4, -0.2) is 18.5 Å². The molecule has 2 nitrogen and oxygen atoms in total. The Hall–Kier alpha value is -1.22. The number of rotatable bonds is 9. The minimum atomic E-state index is 0.727. The van der Waals surface area contributed by atoms with E-state index >= 15 is 0 Å². The van der Waals surface area contributed by atoms with Gasteiger partial charge in [0.05, 0.1) is 13.2 Å². The molecule has 2 aromatic carbocycles. The standard InChI is InChI=1S/C19H25BrO2/c1-3-4-5-12-21-18-9-10-19(22-13-6-11-20)17-14-15(2)7-8-16(17)18/h7-10,14H,3-6,11-13H2,1-2H3. The molecule has 0 atom stereocenters. The Balaban J connectivity index is 2.22. The highest BCUT2D eigenvalue weighted by Crippen LogP contribution is 2.34. The van der Waals surface area contributed by atoms with Gasteiger partial charge >= 0.3 is 0 Å². The summed E-state index contributed by atoms with van der Waals surface area (Å²) in [5.41, 5.74) is 1.24. The molecule has 0 aromatic heterocycles. The van der Waals surface area contributed by atoms with Gasteiger partial charge in [-0.25, -0.2) is 0 Å². The Morgan fingerprint density at radius 1 is 0.864 bits per heavy atom. The van der Waals surface area contributed by atoms with Crippen LogP contribution in [0.1, 0.15) is 38.2 Å². The minimum absolute atomic E-state index is 0.727. The molecule has 0 saturated heterocycles. The lowest BCUT2D eigenvalue weighted by atomic mass is 10.1. The monoisotopic (exact) mass is 364 g/mol. The number of benzene rings is 2. The van der Waals surface area contributed by atoms with Gasteiger partial charge in [-0.05, 0) is 38.0 Å². The van der Waals surface area contributed by atoms with Gasteiger partial charge in [0.1, 0.15) is 11.5 Å². The fourth-order valence-electron chi connectivity index (χ4n) is 2.43. The number of aryl methyl sites for hydroxylation is 1. The smallest absolute Gasteiger partial charge is 0.127 e. The maximum Gasteiger partial charge on any atom is 0.127 e. The van der Waals surface area contributed by atoms with E-state index in [0.717, 1.165) is 53.7 Å². The van der Waals surface area contributed by atoms with Crippen molar-refractivity contribution in [1.82, 2.24) is 0 Å². The molecule has 3 heteroatoms. The van der Waals surface area contributed by atoms with Gasteiger partial charge in [-0.1, -0.05) is 53.4 Å². The SMILES string of the molecule is CCCCCOc1ccc(OCCCBr)c2cc(C)ccc12. The number of ether oxygens (including phenoxy) is 2. The highest BCUT2D eigenvalue weighted by atomic mass is 79.9. The van der Waals surface area contributed by atoms with Crippen molar-refractivity contribution in [1.29, 1.82) is 0 Å². The molecule has 0 fully saturated rings. The van der Waals surface area contributed by atoms with Crippen molar-refractivity contribution in [3.63, 3.8) is 0 Å². The van der Waals surface area contributed by atoms with Gasteiger partial charge in [-0.3, -0.25) is 0 Å². The van der Waals surface area contributed by atoms with Crippen molar-refractivity contribution in [2.24, 2.45) is 0 Å². The number of halogens is 1. The van der Waals surface area contributed by atoms with E-state index in [4.69, 9.17) is 9.47 Å². The molecule has 120 valence electrons. The lowest BCUT2D eigenvalue weighted by Gasteiger charge is -2.14. The van der Waals surface area contributed by atoms with Gasteiger partial charge in [0.25, 0.3) is 0 Å². The summed E-state index contributed by atoms with van der Waals surface area (Å²) in [5, 5.41) is 3.24. The molecule has 2 aromatic rings. The van der Waals surface area contributed by atoms with E-state index in [0.29, 0.717) is 0 Å². The number of alkyl halides is 1. The maximum atomic E-state index is 5.98. The first kappa shape index (κ1) is 17.1. The second kappa shape index (κ2) is 9.04. The van der Waals surface area contributed by atoms with Crippen molar-refractivity contribution in [3.05, 3.63) is 35.9 Å². The van der Waals surface area contributed by atoms with E-state index in [9.17, 15) is 0 Å². The minimum Gasteiger partial charge on any atom is -0.493 e. The molecule has 0 unspecified atom stereocenters. The molecule has 0 bridgehead atoms. The summed E-state index contributed by atoms with van der Waals surface area (Å²) in [6, 6.07) is 10.5. The molecule has 0 saturated carbocycles. The zero-order valence-corrected chi connectivity index (χ0v) is 15.1. The van der Waals surface area contributed by atoms with Crippen LogP contribution in [0.5, 0.6) is 11.5 Å². The summed E-state index contributed by atoms with van der Waals surface area (Å²) in [7, 11) is 0. The number of fused-ring (bicyclic) bond motifs is 1. The van der Waals surface area contributed by atoms with Crippen molar-refractivity contribution >= 4 is 26.7 Å². The largest absolute Gasteiger partial charge is 0.493 e. The van der Waals surface area contributed by atoms with Gasteiger partial charge in [0.15, 0.2) is 0 Å². The van der Waals surface area contributed by atoms with E-state index in [-0.39, 0.29) is 0 Å². The van der Waals surface area contributed by atoms with E-state index in [1.807, 2.05) is 12.1 Å². The Bertz CT molecular complexity index is 595. The zero-order valence-electron chi connectivity index (χ0n) is 13.5. The number of hydrogen-bond acceptors (Lipinski definition) is 2. The van der Waals surface area contributed by atoms with E-state index < -0.39 is 0 Å². The van der Waals surface area contributed by atoms with E-state index in [1.54, 1.807) is 0 Å². The Kier molecular flexibility index (Phi) is 7.04. The van der Waals surface area contributed by atoms with Crippen LogP contribution in [0, 0.1) is 6.92 Å². The zero-order chi connectivity index (χ0) is 15.8. The first-order valence-electron chi connectivity index (χ1n) is 8.11. The third-order valence-electron chi connectivity index (χ3n) is 3.63. The molecule has 2 rings (SSSR count). The number of hydrogen-bond donors (Lipinski definition) is 0. The Morgan fingerprint density at radius 3 is 2.23 bits per heavy atom. The van der Waals surface area contributed by atoms with Crippen LogP contribution in [0.15, 0.2) is 30.3 Å². The summed E-state index contributed by atoms with van der Waals surface area (Å²) in [6.45, 7) is 5.82. The fourth-order valence-corrected chi connectivity index (χ4v) is 2.66. The van der Waals surface area contributed by atoms with Crippen LogP contribution in [0.2, 0.25) is 0 Å². The van der Waals surface area contributed by atoms with Crippen LogP contribution >= 0.6 is 15.9 Å². The molecular formula is C19H25BrO2. The maximum absolute atomic E-state index is 5.98. The predicted octanol–water partition coefficient (Wildman–Crippen LogP) is 5.88. The second-order valence-electron chi connectivity index (χ2n) is 5.56. The summed E-state index contributed by atoms with van der Waals surface area (Å²) in [4.78, 5) is 0. The molecule has 0 aliphatic heterocycles. The molecule has 0 amide bonds. The fraction of sp³-hybridized carbons (Fsp3) is 0.474. The summed E-state index contributed by atoms with van der Waals surface area (Å²) < 4.78 is 11.9. The summed E-state index contributed by atoms with van der Waals surface area (Å²) >= 11 is 3.44. The van der Waals surface area contributed by atoms with Crippen molar-refractivity contribution in [2.75, 3.05) is 18.5 Å². The third-order valence-corrected chi connectivity index (χ3v) is 4.19. The summed E-state index contributed by atoms with van der Waals surface area (Å²) in [5.74, 6) is 1.90.